The van der Waals surface area contributed by atoms with Crippen molar-refractivity contribution >= 4 is 34.1 Å². The Kier molecular flexibility index (Phi) is 4.86. The van der Waals surface area contributed by atoms with Crippen molar-refractivity contribution in [3.05, 3.63) is 16.0 Å². The lowest BCUT2D eigenvalue weighted by molar-refractivity contribution is -0.147. The summed E-state index contributed by atoms with van der Waals surface area (Å²) in [4.78, 5) is 39.0. The van der Waals surface area contributed by atoms with Crippen molar-refractivity contribution in [2.24, 2.45) is 11.8 Å². The Morgan fingerprint density at radius 1 is 0.966 bits per heavy atom. The predicted molar refractivity (Wildman–Crippen MR) is 107 cm³/mol. The van der Waals surface area contributed by atoms with Gasteiger partial charge in [-0.25, -0.2) is 0 Å². The molecular formula is C21H26N2O5S. The fourth-order valence-corrected chi connectivity index (χ4v) is 6.87. The molecule has 3 N–H and O–H groups in total. The van der Waals surface area contributed by atoms with Gasteiger partial charge in [0.2, 0.25) is 5.91 Å². The topological polar surface area (TPSA) is 105 Å². The van der Waals surface area contributed by atoms with Crippen LogP contribution in [0.15, 0.2) is 0 Å². The van der Waals surface area contributed by atoms with Crippen LogP contribution in [0.5, 0.6) is 0 Å². The van der Waals surface area contributed by atoms with Gasteiger partial charge in [0.05, 0.1) is 29.6 Å². The van der Waals surface area contributed by atoms with Crippen molar-refractivity contribution in [3.8, 4) is 0 Å². The number of nitrogens with one attached hydrogen (secondary N) is 2. The molecule has 2 amide bonds. The highest BCUT2D eigenvalue weighted by Crippen LogP contribution is 2.45. The molecule has 4 aliphatic rings. The van der Waals surface area contributed by atoms with Crippen molar-refractivity contribution in [3.63, 3.8) is 0 Å². The molecule has 0 unspecified atom stereocenters. The minimum Gasteiger partial charge on any atom is -0.481 e. The monoisotopic (exact) mass is 418 g/mol. The number of carbonyl (C=O) groups is 3. The van der Waals surface area contributed by atoms with E-state index in [0.717, 1.165) is 55.4 Å². The lowest BCUT2D eigenvalue weighted by atomic mass is 9.79. The lowest BCUT2D eigenvalue weighted by Crippen LogP contribution is -2.41. The van der Waals surface area contributed by atoms with E-state index in [4.69, 9.17) is 4.74 Å². The van der Waals surface area contributed by atoms with E-state index < -0.39 is 17.8 Å². The molecule has 7 nitrogen and oxygen atoms in total. The van der Waals surface area contributed by atoms with Crippen LogP contribution in [-0.4, -0.2) is 41.1 Å². The maximum absolute atomic E-state index is 13.1. The van der Waals surface area contributed by atoms with E-state index in [-0.39, 0.29) is 30.1 Å². The normalized spacial score (nSPS) is 30.5. The van der Waals surface area contributed by atoms with E-state index in [1.165, 1.54) is 11.3 Å². The average molecular weight is 419 g/mol. The first-order valence-corrected chi connectivity index (χ1v) is 11.5. The van der Waals surface area contributed by atoms with Crippen molar-refractivity contribution in [1.82, 2.24) is 5.32 Å². The number of hydrogen-bond acceptors (Lipinski definition) is 5. The van der Waals surface area contributed by atoms with E-state index in [9.17, 15) is 19.5 Å². The van der Waals surface area contributed by atoms with Gasteiger partial charge in [0, 0.05) is 10.9 Å². The molecule has 2 bridgehead atoms. The van der Waals surface area contributed by atoms with E-state index in [0.29, 0.717) is 23.4 Å². The summed E-state index contributed by atoms with van der Waals surface area (Å²) >= 11 is 1.47. The molecule has 3 heterocycles. The quantitative estimate of drug-likeness (QED) is 0.682. The van der Waals surface area contributed by atoms with Crippen molar-refractivity contribution in [2.45, 2.75) is 76.0 Å². The highest BCUT2D eigenvalue weighted by atomic mass is 32.1. The van der Waals surface area contributed by atoms with Crippen LogP contribution < -0.4 is 10.6 Å². The summed E-state index contributed by atoms with van der Waals surface area (Å²) in [6.07, 6.45) is 7.75. The number of carboxylic acid groups (broad SMARTS) is 1. The van der Waals surface area contributed by atoms with E-state index in [1.54, 1.807) is 0 Å². The van der Waals surface area contributed by atoms with Crippen LogP contribution in [0.1, 0.15) is 65.7 Å². The fourth-order valence-electron chi connectivity index (χ4n) is 5.58. The van der Waals surface area contributed by atoms with Gasteiger partial charge in [-0.3, -0.25) is 14.4 Å². The highest BCUT2D eigenvalue weighted by Gasteiger charge is 2.55. The fraction of sp³-hybridized carbons (Fsp3) is 0.667. The molecular weight excluding hydrogens is 392 g/mol. The third kappa shape index (κ3) is 3.26. The second-order valence-electron chi connectivity index (χ2n) is 8.69. The zero-order valence-corrected chi connectivity index (χ0v) is 17.1. The summed E-state index contributed by atoms with van der Waals surface area (Å²) in [6.45, 7) is 0. The zero-order chi connectivity index (χ0) is 20.1. The van der Waals surface area contributed by atoms with Crippen molar-refractivity contribution in [2.75, 3.05) is 5.32 Å². The Morgan fingerprint density at radius 3 is 2.41 bits per heavy atom. The van der Waals surface area contributed by atoms with Gasteiger partial charge in [0.25, 0.3) is 5.91 Å². The molecule has 4 atom stereocenters. The average Bonchev–Trinajstić information content (AvgIpc) is 3.46. The summed E-state index contributed by atoms with van der Waals surface area (Å²) in [5.74, 6) is -2.93. The molecule has 1 aromatic heterocycles. The number of thiophene rings is 1. The molecule has 1 saturated carbocycles. The number of carboxylic acids is 1. The van der Waals surface area contributed by atoms with Crippen LogP contribution in [0.4, 0.5) is 5.00 Å². The molecule has 2 aliphatic carbocycles. The standard InChI is InChI=1S/C21H26N2O5S/c24-18(22-10-4-1-2-5-10)15-11-6-3-7-14(11)29-20(15)23-19(25)16-12-8-9-13(28-12)17(16)21(26)27/h10,12-13,16-17H,1-9H2,(H,22,24)(H,23,25)(H,26,27)/t12-,13+,16+,17+/m1/s1. The number of aliphatic carboxylic acids is 1. The van der Waals surface area contributed by atoms with E-state index >= 15 is 0 Å². The largest absolute Gasteiger partial charge is 0.481 e. The van der Waals surface area contributed by atoms with Gasteiger partial charge < -0.3 is 20.5 Å². The molecule has 0 spiro atoms. The number of rotatable bonds is 5. The van der Waals surface area contributed by atoms with Crippen LogP contribution in [0, 0.1) is 11.8 Å². The minimum absolute atomic E-state index is 0.106. The van der Waals surface area contributed by atoms with Gasteiger partial charge in [0.15, 0.2) is 0 Å². The Morgan fingerprint density at radius 2 is 1.69 bits per heavy atom. The number of amides is 2. The summed E-state index contributed by atoms with van der Waals surface area (Å²) in [5, 5.41) is 16.2. The van der Waals surface area contributed by atoms with Crippen LogP contribution >= 0.6 is 11.3 Å². The molecule has 5 rings (SSSR count). The van der Waals surface area contributed by atoms with Gasteiger partial charge >= 0.3 is 5.97 Å². The number of ether oxygens (including phenoxy) is 1. The Balaban J connectivity index is 1.39. The zero-order valence-electron chi connectivity index (χ0n) is 16.2. The molecule has 2 aliphatic heterocycles. The first-order chi connectivity index (χ1) is 14.0. The first-order valence-electron chi connectivity index (χ1n) is 10.7. The number of anilines is 1. The van der Waals surface area contributed by atoms with Gasteiger partial charge in [-0.2, -0.15) is 0 Å². The molecule has 1 aromatic rings. The third-order valence-electron chi connectivity index (χ3n) is 6.94. The second kappa shape index (κ2) is 7.40. The summed E-state index contributed by atoms with van der Waals surface area (Å²) in [6, 6.07) is 0.207. The maximum atomic E-state index is 13.1. The van der Waals surface area contributed by atoms with Gasteiger partial charge in [0.1, 0.15) is 5.00 Å². The first kappa shape index (κ1) is 19.1. The summed E-state index contributed by atoms with van der Waals surface area (Å²) in [5.41, 5.74) is 1.65. The summed E-state index contributed by atoms with van der Waals surface area (Å²) in [7, 11) is 0. The molecule has 0 aromatic carbocycles. The van der Waals surface area contributed by atoms with Crippen LogP contribution in [0.2, 0.25) is 0 Å². The van der Waals surface area contributed by atoms with Crippen molar-refractivity contribution in [1.29, 1.82) is 0 Å². The lowest BCUT2D eigenvalue weighted by Gasteiger charge is -2.24. The Labute approximate surface area is 173 Å². The number of aryl methyl sites for hydroxylation is 1. The molecule has 156 valence electrons. The highest BCUT2D eigenvalue weighted by molar-refractivity contribution is 7.17. The number of hydrogen-bond donors (Lipinski definition) is 3. The third-order valence-corrected chi connectivity index (χ3v) is 8.14. The van der Waals surface area contributed by atoms with Crippen LogP contribution in [0.25, 0.3) is 0 Å². The minimum atomic E-state index is -0.981. The summed E-state index contributed by atoms with van der Waals surface area (Å²) < 4.78 is 5.73. The molecule has 2 saturated heterocycles. The molecule has 8 heteroatoms. The number of carbonyl (C=O) groups excluding carboxylic acids is 2. The predicted octanol–water partition coefficient (Wildman–Crippen LogP) is 2.73. The van der Waals surface area contributed by atoms with Gasteiger partial charge in [-0.1, -0.05) is 12.8 Å². The van der Waals surface area contributed by atoms with E-state index in [2.05, 4.69) is 10.6 Å². The van der Waals surface area contributed by atoms with Crippen LogP contribution in [-0.2, 0) is 27.2 Å². The SMILES string of the molecule is O=C(NC1CCCC1)c1c(NC(=O)[C@@H]2[C@@H](C(=O)O)[C@@H]3CC[C@H]2O3)sc2c1CCC2. The molecule has 29 heavy (non-hydrogen) atoms. The van der Waals surface area contributed by atoms with Crippen molar-refractivity contribution < 1.29 is 24.2 Å². The van der Waals surface area contributed by atoms with E-state index in [1.807, 2.05) is 0 Å². The molecule has 0 radical (unpaired) electrons. The Hall–Kier alpha value is -1.93. The van der Waals surface area contributed by atoms with Crippen LogP contribution in [0.3, 0.4) is 0 Å². The Bertz CT molecular complexity index is 859. The smallest absolute Gasteiger partial charge is 0.310 e. The second-order valence-corrected chi connectivity index (χ2v) is 9.79. The maximum Gasteiger partial charge on any atom is 0.310 e. The molecule has 3 fully saturated rings. The van der Waals surface area contributed by atoms with Gasteiger partial charge in [-0.05, 0) is 50.5 Å². The van der Waals surface area contributed by atoms with Gasteiger partial charge in [-0.15, -0.1) is 11.3 Å². The number of fused-ring (bicyclic) bond motifs is 3.